The molecule has 0 aliphatic rings. The van der Waals surface area contributed by atoms with E-state index >= 15 is 0 Å². The topological polar surface area (TPSA) is 35.5 Å². The Kier molecular flexibility index (Phi) is 14.9. The zero-order valence-electron chi connectivity index (χ0n) is 7.09. The third-order valence-electron chi connectivity index (χ3n) is 0.798. The van der Waals surface area contributed by atoms with Crippen LogP contribution in [0.3, 0.4) is 0 Å². The lowest BCUT2D eigenvalue weighted by Crippen LogP contribution is -1.66. The minimum absolute atomic E-state index is 1.32. The maximum absolute atomic E-state index is 9.88. The molecule has 0 heterocycles. The molecule has 0 aliphatic heterocycles. The molecule has 0 unspecified atom stereocenters. The van der Waals surface area contributed by atoms with Gasteiger partial charge in [-0.05, 0) is 0 Å². The summed E-state index contributed by atoms with van der Waals surface area (Å²) in [4.78, 5) is 0. The minimum atomic E-state index is -1.83. The van der Waals surface area contributed by atoms with E-state index in [-0.39, 0.29) is 0 Å². The van der Waals surface area contributed by atoms with Gasteiger partial charge < -0.3 is 0 Å². The van der Waals surface area contributed by atoms with Gasteiger partial charge in [0.25, 0.3) is 0 Å². The van der Waals surface area contributed by atoms with Gasteiger partial charge in [-0.25, -0.2) is 0 Å². The molecule has 0 amide bonds. The van der Waals surface area contributed by atoms with E-state index in [9.17, 15) is 4.57 Å². The summed E-state index contributed by atoms with van der Waals surface area (Å²) in [7, 11) is 0.817. The maximum atomic E-state index is 9.88. The molecule has 0 fully saturated rings. The van der Waals surface area contributed by atoms with Crippen LogP contribution in [0.4, 0.5) is 0 Å². The third-order valence-corrected chi connectivity index (χ3v) is 1.39. The number of rotatable bonds is 3. The van der Waals surface area contributed by atoms with Gasteiger partial charge in [0.15, 0.2) is 0 Å². The van der Waals surface area contributed by atoms with Crippen LogP contribution in [0.2, 0.25) is 0 Å². The Balaban J connectivity index is 0. The minimum Gasteiger partial charge on any atom is -0.122 e. The summed E-state index contributed by atoms with van der Waals surface area (Å²) in [5.41, 5.74) is 0. The van der Waals surface area contributed by atoms with Gasteiger partial charge in [-0.1, -0.05) is 26.7 Å². The second-order valence-corrected chi connectivity index (χ2v) is 2.77. The summed E-state index contributed by atoms with van der Waals surface area (Å²) in [6.07, 6.45) is 2.64. The molecule has 0 aromatic carbocycles. The average molecular weight is 167 g/mol. The van der Waals surface area contributed by atoms with Crippen molar-refractivity contribution in [3.05, 3.63) is 0 Å². The van der Waals surface area contributed by atoms with Crippen molar-refractivity contribution in [2.45, 2.75) is 26.7 Å². The Bertz CT molecular complexity index is 67.4. The molecule has 10 heavy (non-hydrogen) atoms. The van der Waals surface area contributed by atoms with Crippen molar-refractivity contribution in [2.24, 2.45) is 0 Å². The van der Waals surface area contributed by atoms with Crippen LogP contribution in [0.5, 0.6) is 0 Å². The molecule has 0 N–H and O–H groups in total. The first-order chi connectivity index (χ1) is 4.72. The molecule has 62 valence electrons. The molecule has 0 saturated carbocycles. The lowest BCUT2D eigenvalue weighted by Gasteiger charge is -1.68. The normalized spacial score (nSPS) is 8.00. The van der Waals surface area contributed by atoms with Crippen LogP contribution in [0.25, 0.3) is 0 Å². The Morgan fingerprint density at radius 3 is 1.40 bits per heavy atom. The smallest absolute Gasteiger partial charge is 0.122 e. The van der Waals surface area contributed by atoms with E-state index in [2.05, 4.69) is 22.9 Å². The standard InChI is InChI=1S/C4H10.C2H6O3P/c1-3-4-2;1-4-6(3)5-2/h3-4H2,1-2H3;1-2H3/q;+1. The van der Waals surface area contributed by atoms with E-state index in [4.69, 9.17) is 0 Å². The van der Waals surface area contributed by atoms with Gasteiger partial charge in [0, 0.05) is 4.57 Å². The summed E-state index contributed by atoms with van der Waals surface area (Å²) in [6, 6.07) is 0. The van der Waals surface area contributed by atoms with Gasteiger partial charge in [-0.3, -0.25) is 0 Å². The molecule has 0 rings (SSSR count). The zero-order chi connectivity index (χ0) is 8.41. The highest BCUT2D eigenvalue weighted by molar-refractivity contribution is 7.33. The zero-order valence-corrected chi connectivity index (χ0v) is 7.98. The van der Waals surface area contributed by atoms with E-state index in [0.717, 1.165) is 0 Å². The van der Waals surface area contributed by atoms with E-state index in [1.807, 2.05) is 0 Å². The van der Waals surface area contributed by atoms with E-state index in [1.54, 1.807) is 0 Å². The van der Waals surface area contributed by atoms with Crippen molar-refractivity contribution in [2.75, 3.05) is 14.2 Å². The second kappa shape index (κ2) is 11.8. The molecule has 0 bridgehead atoms. The van der Waals surface area contributed by atoms with Gasteiger partial charge in [0.05, 0.1) is 14.2 Å². The second-order valence-electron chi connectivity index (χ2n) is 1.59. The first kappa shape index (κ1) is 12.7. The molecule has 0 aromatic rings. The van der Waals surface area contributed by atoms with E-state index < -0.39 is 8.25 Å². The highest BCUT2D eigenvalue weighted by Gasteiger charge is 2.10. The van der Waals surface area contributed by atoms with E-state index in [1.165, 1.54) is 27.1 Å². The Morgan fingerprint density at radius 2 is 1.40 bits per heavy atom. The van der Waals surface area contributed by atoms with Crippen molar-refractivity contribution >= 4 is 8.25 Å². The summed E-state index contributed by atoms with van der Waals surface area (Å²) in [5.74, 6) is 0. The van der Waals surface area contributed by atoms with Gasteiger partial charge in [0.1, 0.15) is 0 Å². The first-order valence-corrected chi connectivity index (χ1v) is 4.37. The Morgan fingerprint density at radius 1 is 1.10 bits per heavy atom. The SMILES string of the molecule is CCCC.CO[P+](=O)OC. The predicted molar refractivity (Wildman–Crippen MR) is 42.2 cm³/mol. The van der Waals surface area contributed by atoms with Crippen LogP contribution in [0.15, 0.2) is 0 Å². The van der Waals surface area contributed by atoms with Gasteiger partial charge in [-0.2, -0.15) is 0 Å². The number of hydrogen-bond acceptors (Lipinski definition) is 3. The lowest BCUT2D eigenvalue weighted by molar-refractivity contribution is 0.302. The average Bonchev–Trinajstić information content (AvgIpc) is 2.03. The van der Waals surface area contributed by atoms with Crippen molar-refractivity contribution in [1.82, 2.24) is 0 Å². The fourth-order valence-electron chi connectivity index (χ4n) is 0.0745. The molecule has 3 nitrogen and oxygen atoms in total. The molecule has 0 saturated heterocycles. The van der Waals surface area contributed by atoms with Gasteiger partial charge in [0.2, 0.25) is 0 Å². The van der Waals surface area contributed by atoms with Crippen LogP contribution in [0, 0.1) is 0 Å². The van der Waals surface area contributed by atoms with E-state index in [0.29, 0.717) is 0 Å². The molecule has 0 aliphatic carbocycles. The summed E-state index contributed by atoms with van der Waals surface area (Å²) < 4.78 is 18.3. The highest BCUT2D eigenvalue weighted by Crippen LogP contribution is 2.18. The Labute approximate surface area is 63.7 Å². The molecule has 0 atom stereocenters. The van der Waals surface area contributed by atoms with Crippen LogP contribution >= 0.6 is 8.25 Å². The van der Waals surface area contributed by atoms with Crippen LogP contribution in [0.1, 0.15) is 26.7 Å². The van der Waals surface area contributed by atoms with Crippen molar-refractivity contribution in [1.29, 1.82) is 0 Å². The quantitative estimate of drug-likeness (QED) is 0.606. The number of hydrogen-bond donors (Lipinski definition) is 0. The van der Waals surface area contributed by atoms with Gasteiger partial charge >= 0.3 is 8.25 Å². The summed E-state index contributed by atoms with van der Waals surface area (Å²) in [5, 5.41) is 0. The van der Waals surface area contributed by atoms with Crippen LogP contribution in [-0.2, 0) is 13.6 Å². The molecule has 4 heteroatoms. The predicted octanol–water partition coefficient (Wildman–Crippen LogP) is 2.74. The lowest BCUT2D eigenvalue weighted by atomic mass is 10.4. The highest BCUT2D eigenvalue weighted by atomic mass is 31.1. The summed E-state index contributed by atoms with van der Waals surface area (Å²) >= 11 is 0. The number of unbranched alkanes of at least 4 members (excludes halogenated alkanes) is 1. The fourth-order valence-corrected chi connectivity index (χ4v) is 0.224. The molecular formula is C6H16O3P+. The molecule has 0 spiro atoms. The van der Waals surface area contributed by atoms with Crippen molar-refractivity contribution in [3.8, 4) is 0 Å². The summed E-state index contributed by atoms with van der Waals surface area (Å²) in [6.45, 7) is 4.36. The largest absolute Gasteiger partial charge is 0.696 e. The molecular weight excluding hydrogens is 151 g/mol. The molecule has 0 aromatic heterocycles. The third kappa shape index (κ3) is 15.7. The Hall–Kier alpha value is 0.0200. The monoisotopic (exact) mass is 167 g/mol. The first-order valence-electron chi connectivity index (χ1n) is 3.28. The van der Waals surface area contributed by atoms with Gasteiger partial charge in [-0.15, -0.1) is 9.05 Å². The fraction of sp³-hybridized carbons (Fsp3) is 1.00. The maximum Gasteiger partial charge on any atom is 0.696 e. The van der Waals surface area contributed by atoms with Crippen molar-refractivity contribution < 1.29 is 13.6 Å². The van der Waals surface area contributed by atoms with Crippen molar-refractivity contribution in [3.63, 3.8) is 0 Å². The van der Waals surface area contributed by atoms with Crippen LogP contribution in [-0.4, -0.2) is 14.2 Å². The molecule has 0 radical (unpaired) electrons. The van der Waals surface area contributed by atoms with Crippen LogP contribution < -0.4 is 0 Å².